The molecule has 1 aliphatic heterocycles. The fourth-order valence-electron chi connectivity index (χ4n) is 3.10. The van der Waals surface area contributed by atoms with Crippen molar-refractivity contribution in [1.29, 1.82) is 0 Å². The standard InChI is InChI=1S/C18H27NO4/c1-4-22-16-9-8-14(11-17(16)23-5-2)13(3)19-10-6-7-15(12-19)18(20)21/h8-9,11,13,15H,4-7,10,12H2,1-3H3,(H,20,21). The number of nitrogens with zero attached hydrogens (tertiary/aromatic N) is 1. The molecule has 0 radical (unpaired) electrons. The van der Waals surface area contributed by atoms with Gasteiger partial charge in [0, 0.05) is 12.6 Å². The summed E-state index contributed by atoms with van der Waals surface area (Å²) in [6.07, 6.45) is 1.70. The van der Waals surface area contributed by atoms with Gasteiger partial charge in [0.05, 0.1) is 19.1 Å². The Hall–Kier alpha value is -1.75. The van der Waals surface area contributed by atoms with Crippen molar-refractivity contribution < 1.29 is 19.4 Å². The van der Waals surface area contributed by atoms with Gasteiger partial charge in [-0.1, -0.05) is 6.07 Å². The summed E-state index contributed by atoms with van der Waals surface area (Å²) in [6.45, 7) is 8.75. The van der Waals surface area contributed by atoms with E-state index in [1.807, 2.05) is 32.0 Å². The smallest absolute Gasteiger partial charge is 0.307 e. The maximum absolute atomic E-state index is 11.3. The van der Waals surface area contributed by atoms with E-state index in [0.717, 1.165) is 36.4 Å². The molecule has 0 aliphatic carbocycles. The fourth-order valence-corrected chi connectivity index (χ4v) is 3.10. The summed E-state index contributed by atoms with van der Waals surface area (Å²) in [5.41, 5.74) is 1.13. The van der Waals surface area contributed by atoms with Gasteiger partial charge in [-0.25, -0.2) is 0 Å². The minimum atomic E-state index is -0.691. The molecular weight excluding hydrogens is 294 g/mol. The maximum Gasteiger partial charge on any atom is 0.307 e. The number of aliphatic carboxylic acids is 1. The van der Waals surface area contributed by atoms with Gasteiger partial charge in [0.2, 0.25) is 0 Å². The molecule has 0 saturated carbocycles. The van der Waals surface area contributed by atoms with Crippen LogP contribution in [0.4, 0.5) is 0 Å². The molecule has 2 rings (SSSR count). The lowest BCUT2D eigenvalue weighted by Gasteiger charge is -2.35. The third kappa shape index (κ3) is 4.38. The first-order valence-corrected chi connectivity index (χ1v) is 8.43. The van der Waals surface area contributed by atoms with Crippen LogP contribution in [-0.2, 0) is 4.79 Å². The van der Waals surface area contributed by atoms with E-state index in [1.165, 1.54) is 0 Å². The second kappa shape index (κ2) is 8.20. The van der Waals surface area contributed by atoms with Crippen LogP contribution in [0.15, 0.2) is 18.2 Å². The van der Waals surface area contributed by atoms with Gasteiger partial charge in [-0.2, -0.15) is 0 Å². The molecule has 0 spiro atoms. The molecule has 1 fully saturated rings. The predicted octanol–water partition coefficient (Wildman–Crippen LogP) is 3.34. The van der Waals surface area contributed by atoms with Gasteiger partial charge >= 0.3 is 5.97 Å². The molecule has 1 N–H and O–H groups in total. The lowest BCUT2D eigenvalue weighted by molar-refractivity contribution is -0.143. The van der Waals surface area contributed by atoms with Gasteiger partial charge in [-0.3, -0.25) is 9.69 Å². The third-order valence-corrected chi connectivity index (χ3v) is 4.40. The van der Waals surface area contributed by atoms with Gasteiger partial charge in [0.15, 0.2) is 11.5 Å². The van der Waals surface area contributed by atoms with E-state index >= 15 is 0 Å². The number of hydrogen-bond donors (Lipinski definition) is 1. The topological polar surface area (TPSA) is 59.0 Å². The van der Waals surface area contributed by atoms with Crippen LogP contribution in [0.3, 0.4) is 0 Å². The molecule has 1 aliphatic rings. The second-order valence-corrected chi connectivity index (χ2v) is 5.92. The fraction of sp³-hybridized carbons (Fsp3) is 0.611. The zero-order chi connectivity index (χ0) is 16.8. The number of carboxylic acids is 1. The molecule has 0 bridgehead atoms. The maximum atomic E-state index is 11.3. The number of rotatable bonds is 7. The minimum absolute atomic E-state index is 0.159. The SMILES string of the molecule is CCOc1ccc(C(C)N2CCCC(C(=O)O)C2)cc1OCC. The molecule has 0 aromatic heterocycles. The molecule has 5 heteroatoms. The van der Waals surface area contributed by atoms with Crippen LogP contribution in [0.1, 0.15) is 45.2 Å². The van der Waals surface area contributed by atoms with Crippen molar-refractivity contribution in [3.05, 3.63) is 23.8 Å². The second-order valence-electron chi connectivity index (χ2n) is 5.92. The largest absolute Gasteiger partial charge is 0.490 e. The summed E-state index contributed by atoms with van der Waals surface area (Å²) in [6, 6.07) is 6.16. The molecule has 1 heterocycles. The lowest BCUT2D eigenvalue weighted by atomic mass is 9.95. The summed E-state index contributed by atoms with van der Waals surface area (Å²) < 4.78 is 11.3. The van der Waals surface area contributed by atoms with E-state index < -0.39 is 5.97 Å². The number of ether oxygens (including phenoxy) is 2. The van der Waals surface area contributed by atoms with Gasteiger partial charge in [-0.15, -0.1) is 0 Å². The van der Waals surface area contributed by atoms with Crippen molar-refractivity contribution in [2.24, 2.45) is 5.92 Å². The summed E-state index contributed by atoms with van der Waals surface area (Å²) in [5.74, 6) is 0.557. The Kier molecular flexibility index (Phi) is 6.28. The molecule has 128 valence electrons. The number of carbonyl (C=O) groups is 1. The molecule has 5 nitrogen and oxygen atoms in total. The molecule has 2 unspecified atom stereocenters. The highest BCUT2D eigenvalue weighted by atomic mass is 16.5. The van der Waals surface area contributed by atoms with Crippen LogP contribution in [0.5, 0.6) is 11.5 Å². The summed E-state index contributed by atoms with van der Waals surface area (Å²) in [7, 11) is 0. The van der Waals surface area contributed by atoms with Crippen LogP contribution in [0, 0.1) is 5.92 Å². The highest BCUT2D eigenvalue weighted by Crippen LogP contribution is 2.33. The van der Waals surface area contributed by atoms with Crippen molar-refractivity contribution in [2.75, 3.05) is 26.3 Å². The molecule has 0 amide bonds. The van der Waals surface area contributed by atoms with E-state index in [9.17, 15) is 9.90 Å². The van der Waals surface area contributed by atoms with E-state index in [0.29, 0.717) is 19.8 Å². The van der Waals surface area contributed by atoms with Crippen molar-refractivity contribution in [3.8, 4) is 11.5 Å². The number of benzene rings is 1. The number of likely N-dealkylation sites (tertiary alicyclic amines) is 1. The quantitative estimate of drug-likeness (QED) is 0.834. The zero-order valence-corrected chi connectivity index (χ0v) is 14.2. The van der Waals surface area contributed by atoms with Crippen LogP contribution in [-0.4, -0.2) is 42.3 Å². The van der Waals surface area contributed by atoms with Crippen molar-refractivity contribution >= 4 is 5.97 Å². The molecule has 23 heavy (non-hydrogen) atoms. The molecule has 2 atom stereocenters. The monoisotopic (exact) mass is 321 g/mol. The van der Waals surface area contributed by atoms with Gasteiger partial charge in [-0.05, 0) is 57.9 Å². The molecule has 1 aromatic carbocycles. The first kappa shape index (κ1) is 17.6. The van der Waals surface area contributed by atoms with Gasteiger partial charge in [0.25, 0.3) is 0 Å². The highest BCUT2D eigenvalue weighted by Gasteiger charge is 2.28. The van der Waals surface area contributed by atoms with Crippen LogP contribution < -0.4 is 9.47 Å². The van der Waals surface area contributed by atoms with Crippen molar-refractivity contribution in [3.63, 3.8) is 0 Å². The Morgan fingerprint density at radius 3 is 2.65 bits per heavy atom. The van der Waals surface area contributed by atoms with Crippen molar-refractivity contribution in [1.82, 2.24) is 4.90 Å². The Labute approximate surface area is 138 Å². The average Bonchev–Trinajstić information content (AvgIpc) is 2.56. The van der Waals surface area contributed by atoms with Gasteiger partial charge in [0.1, 0.15) is 0 Å². The van der Waals surface area contributed by atoms with Crippen LogP contribution in [0.2, 0.25) is 0 Å². The number of piperidine rings is 1. The van der Waals surface area contributed by atoms with Crippen LogP contribution in [0.25, 0.3) is 0 Å². The predicted molar refractivity (Wildman–Crippen MR) is 89.1 cm³/mol. The zero-order valence-electron chi connectivity index (χ0n) is 14.2. The number of hydrogen-bond acceptors (Lipinski definition) is 4. The summed E-state index contributed by atoms with van der Waals surface area (Å²) >= 11 is 0. The van der Waals surface area contributed by atoms with Gasteiger partial charge < -0.3 is 14.6 Å². The highest BCUT2D eigenvalue weighted by molar-refractivity contribution is 5.70. The average molecular weight is 321 g/mol. The third-order valence-electron chi connectivity index (χ3n) is 4.40. The van der Waals surface area contributed by atoms with E-state index in [1.54, 1.807) is 0 Å². The summed E-state index contributed by atoms with van der Waals surface area (Å²) in [4.78, 5) is 13.5. The Bertz CT molecular complexity index is 532. The molecule has 1 aromatic rings. The number of carboxylic acid groups (broad SMARTS) is 1. The minimum Gasteiger partial charge on any atom is -0.490 e. The van der Waals surface area contributed by atoms with E-state index in [-0.39, 0.29) is 12.0 Å². The van der Waals surface area contributed by atoms with E-state index in [4.69, 9.17) is 9.47 Å². The molecule has 1 saturated heterocycles. The van der Waals surface area contributed by atoms with E-state index in [2.05, 4.69) is 11.8 Å². The normalized spacial score (nSPS) is 20.0. The van der Waals surface area contributed by atoms with Crippen LogP contribution >= 0.6 is 0 Å². The molecular formula is C18H27NO4. The first-order valence-electron chi connectivity index (χ1n) is 8.43. The Morgan fingerprint density at radius 2 is 2.00 bits per heavy atom. The first-order chi connectivity index (χ1) is 11.1. The Morgan fingerprint density at radius 1 is 1.30 bits per heavy atom. The van der Waals surface area contributed by atoms with Crippen molar-refractivity contribution in [2.45, 2.75) is 39.7 Å². The lowest BCUT2D eigenvalue weighted by Crippen LogP contribution is -2.40. The Balaban J connectivity index is 2.16. The summed E-state index contributed by atoms with van der Waals surface area (Å²) in [5, 5.41) is 9.25.